The third-order valence-corrected chi connectivity index (χ3v) is 4.17. The monoisotopic (exact) mass is 238 g/mol. The fourth-order valence-corrected chi connectivity index (χ4v) is 3.30. The van der Waals surface area contributed by atoms with Gasteiger partial charge in [0.2, 0.25) is 5.91 Å². The van der Waals surface area contributed by atoms with E-state index in [-0.39, 0.29) is 29.1 Å². The smallest absolute Gasteiger partial charge is 0.230 e. The van der Waals surface area contributed by atoms with E-state index in [0.717, 1.165) is 32.5 Å². The summed E-state index contributed by atoms with van der Waals surface area (Å²) in [6.07, 6.45) is 1.82. The molecule has 0 aromatic heterocycles. The van der Waals surface area contributed by atoms with E-state index in [0.29, 0.717) is 0 Å². The van der Waals surface area contributed by atoms with Crippen molar-refractivity contribution in [3.05, 3.63) is 0 Å². The van der Waals surface area contributed by atoms with Crippen molar-refractivity contribution in [1.82, 2.24) is 10.2 Å². The summed E-state index contributed by atoms with van der Waals surface area (Å²) in [4.78, 5) is 26.0. The van der Waals surface area contributed by atoms with Gasteiger partial charge in [0.15, 0.2) is 5.78 Å². The molecule has 4 heteroatoms. The Morgan fingerprint density at radius 2 is 2.12 bits per heavy atom. The Kier molecular flexibility index (Phi) is 3.25. The number of hydrogen-bond acceptors (Lipinski definition) is 3. The molecule has 0 radical (unpaired) electrons. The molecule has 4 nitrogen and oxygen atoms in total. The number of likely N-dealkylation sites (tertiary alicyclic amines) is 1. The molecule has 96 valence electrons. The zero-order valence-corrected chi connectivity index (χ0v) is 11.0. The number of carbonyl (C=O) groups is 2. The van der Waals surface area contributed by atoms with Gasteiger partial charge in [0, 0.05) is 13.1 Å². The van der Waals surface area contributed by atoms with Gasteiger partial charge in [-0.15, -0.1) is 0 Å². The van der Waals surface area contributed by atoms with E-state index in [1.165, 1.54) is 0 Å². The van der Waals surface area contributed by atoms with E-state index < -0.39 is 0 Å². The fourth-order valence-electron chi connectivity index (χ4n) is 3.30. The van der Waals surface area contributed by atoms with Crippen LogP contribution in [0.5, 0.6) is 0 Å². The van der Waals surface area contributed by atoms with Crippen molar-refractivity contribution >= 4 is 11.7 Å². The maximum absolute atomic E-state index is 12.5. The van der Waals surface area contributed by atoms with Gasteiger partial charge in [-0.05, 0) is 32.2 Å². The third kappa shape index (κ3) is 1.99. The summed E-state index contributed by atoms with van der Waals surface area (Å²) in [6, 6.07) is -0.234. The van der Waals surface area contributed by atoms with Crippen molar-refractivity contribution in [3.63, 3.8) is 0 Å². The summed E-state index contributed by atoms with van der Waals surface area (Å²) in [5.41, 5.74) is -0.206. The predicted molar refractivity (Wildman–Crippen MR) is 65.6 cm³/mol. The van der Waals surface area contributed by atoms with Crippen LogP contribution in [-0.4, -0.2) is 42.3 Å². The first kappa shape index (κ1) is 12.6. The summed E-state index contributed by atoms with van der Waals surface area (Å²) < 4.78 is 0. The molecule has 0 bridgehead atoms. The van der Waals surface area contributed by atoms with Crippen LogP contribution in [0.4, 0.5) is 0 Å². The second kappa shape index (κ2) is 4.41. The molecular weight excluding hydrogens is 216 g/mol. The molecule has 2 atom stereocenters. The maximum atomic E-state index is 12.5. The quantitative estimate of drug-likeness (QED) is 0.791. The number of carbonyl (C=O) groups excluding carboxylic acids is 2. The number of ketones is 1. The van der Waals surface area contributed by atoms with Gasteiger partial charge >= 0.3 is 0 Å². The molecule has 2 aliphatic heterocycles. The first-order chi connectivity index (χ1) is 7.98. The first-order valence-corrected chi connectivity index (χ1v) is 6.50. The highest BCUT2D eigenvalue weighted by molar-refractivity contribution is 5.92. The van der Waals surface area contributed by atoms with Crippen molar-refractivity contribution in [2.24, 2.45) is 11.3 Å². The van der Waals surface area contributed by atoms with Crippen LogP contribution < -0.4 is 5.32 Å². The zero-order valence-electron chi connectivity index (χ0n) is 11.0. The minimum atomic E-state index is -0.234. The molecule has 0 aliphatic carbocycles. The Labute approximate surface area is 103 Å². The summed E-state index contributed by atoms with van der Waals surface area (Å²) in [7, 11) is 0. The minimum Gasteiger partial charge on any atom is -0.332 e. The molecule has 2 rings (SSSR count). The van der Waals surface area contributed by atoms with Crippen LogP contribution in [-0.2, 0) is 9.59 Å². The van der Waals surface area contributed by atoms with E-state index in [1.807, 2.05) is 18.7 Å². The van der Waals surface area contributed by atoms with Crippen LogP contribution in [0.1, 0.15) is 33.6 Å². The summed E-state index contributed by atoms with van der Waals surface area (Å²) in [6.45, 7) is 8.06. The lowest BCUT2D eigenvalue weighted by atomic mass is 9.85. The van der Waals surface area contributed by atoms with E-state index >= 15 is 0 Å². The predicted octanol–water partition coefficient (Wildman–Crippen LogP) is 0.812. The molecule has 2 saturated heterocycles. The lowest BCUT2D eigenvalue weighted by molar-refractivity contribution is -0.142. The molecule has 17 heavy (non-hydrogen) atoms. The Hall–Kier alpha value is -0.900. The molecule has 1 spiro atoms. The van der Waals surface area contributed by atoms with Crippen molar-refractivity contribution in [2.45, 2.75) is 39.7 Å². The van der Waals surface area contributed by atoms with Gasteiger partial charge in [-0.25, -0.2) is 0 Å². The highest BCUT2D eigenvalue weighted by Gasteiger charge is 2.50. The van der Waals surface area contributed by atoms with Gasteiger partial charge in [0.1, 0.15) is 0 Å². The number of nitrogens with one attached hydrogen (secondary N) is 1. The van der Waals surface area contributed by atoms with Crippen molar-refractivity contribution in [2.75, 3.05) is 19.6 Å². The van der Waals surface area contributed by atoms with Crippen molar-refractivity contribution in [1.29, 1.82) is 0 Å². The van der Waals surface area contributed by atoms with Gasteiger partial charge in [-0.1, -0.05) is 13.8 Å². The fraction of sp³-hybridized carbons (Fsp3) is 0.846. The van der Waals surface area contributed by atoms with E-state index in [2.05, 4.69) is 5.32 Å². The summed E-state index contributed by atoms with van der Waals surface area (Å²) >= 11 is 0. The van der Waals surface area contributed by atoms with Gasteiger partial charge in [-0.2, -0.15) is 0 Å². The average Bonchev–Trinajstić information content (AvgIpc) is 2.81. The Morgan fingerprint density at radius 3 is 2.59 bits per heavy atom. The molecule has 0 unspecified atom stereocenters. The molecule has 1 amide bonds. The average molecular weight is 238 g/mol. The van der Waals surface area contributed by atoms with Crippen LogP contribution in [0.3, 0.4) is 0 Å². The molecule has 0 aromatic carbocycles. The van der Waals surface area contributed by atoms with E-state index in [1.54, 1.807) is 6.92 Å². The third-order valence-electron chi connectivity index (χ3n) is 4.17. The van der Waals surface area contributed by atoms with Crippen LogP contribution in [0, 0.1) is 11.3 Å². The largest absolute Gasteiger partial charge is 0.332 e. The number of Topliss-reactive ketones (excluding diaryl/α,β-unsaturated/α-hetero) is 1. The standard InChI is InChI=1S/C13H22N2O2/c1-9(2)11(10(3)16)15-7-5-13(12(15)17)4-6-14-8-13/h9,11,14H,4-8H2,1-3H3/t11-,13-/m0/s1. The van der Waals surface area contributed by atoms with Gasteiger partial charge in [0.05, 0.1) is 11.5 Å². The molecule has 2 fully saturated rings. The second-order valence-corrected chi connectivity index (χ2v) is 5.76. The molecule has 1 N–H and O–H groups in total. The van der Waals surface area contributed by atoms with Gasteiger partial charge in [-0.3, -0.25) is 9.59 Å². The van der Waals surface area contributed by atoms with Gasteiger partial charge < -0.3 is 10.2 Å². The summed E-state index contributed by atoms with van der Waals surface area (Å²) in [5, 5.41) is 3.27. The van der Waals surface area contributed by atoms with E-state index in [9.17, 15) is 9.59 Å². The SMILES string of the molecule is CC(=O)[C@H](C(C)C)N1CC[C@]2(CCNC2)C1=O. The van der Waals surface area contributed by atoms with Crippen molar-refractivity contribution < 1.29 is 9.59 Å². The summed E-state index contributed by atoms with van der Waals surface area (Å²) in [5.74, 6) is 0.494. The number of amides is 1. The van der Waals surface area contributed by atoms with Crippen molar-refractivity contribution in [3.8, 4) is 0 Å². The Morgan fingerprint density at radius 1 is 1.41 bits per heavy atom. The maximum Gasteiger partial charge on any atom is 0.230 e. The number of hydrogen-bond donors (Lipinski definition) is 1. The lowest BCUT2D eigenvalue weighted by Gasteiger charge is -2.30. The first-order valence-electron chi connectivity index (χ1n) is 6.50. The lowest BCUT2D eigenvalue weighted by Crippen LogP contribution is -2.47. The normalized spacial score (nSPS) is 30.6. The highest BCUT2D eigenvalue weighted by Crippen LogP contribution is 2.39. The highest BCUT2D eigenvalue weighted by atomic mass is 16.2. The van der Waals surface area contributed by atoms with Crippen LogP contribution in [0.25, 0.3) is 0 Å². The molecular formula is C13H22N2O2. The van der Waals surface area contributed by atoms with Crippen LogP contribution >= 0.6 is 0 Å². The molecule has 2 heterocycles. The molecule has 0 saturated carbocycles. The number of rotatable bonds is 3. The number of nitrogens with zero attached hydrogens (tertiary/aromatic N) is 1. The Balaban J connectivity index is 2.18. The van der Waals surface area contributed by atoms with Gasteiger partial charge in [0.25, 0.3) is 0 Å². The van der Waals surface area contributed by atoms with E-state index in [4.69, 9.17) is 0 Å². The molecule has 2 aliphatic rings. The minimum absolute atomic E-state index is 0.108. The Bertz CT molecular complexity index is 332. The zero-order chi connectivity index (χ0) is 12.6. The second-order valence-electron chi connectivity index (χ2n) is 5.76. The molecule has 0 aromatic rings. The van der Waals surface area contributed by atoms with Crippen LogP contribution in [0.2, 0.25) is 0 Å². The topological polar surface area (TPSA) is 49.4 Å². The van der Waals surface area contributed by atoms with Crippen LogP contribution in [0.15, 0.2) is 0 Å².